The smallest absolute Gasteiger partial charge is 0.224 e. The normalized spacial score (nSPS) is 19.0. The zero-order valence-electron chi connectivity index (χ0n) is 13.2. The van der Waals surface area contributed by atoms with Crippen LogP contribution in [0, 0.1) is 16.7 Å². The number of benzene rings is 1. The summed E-state index contributed by atoms with van der Waals surface area (Å²) in [6.45, 7) is 9.80. The maximum Gasteiger partial charge on any atom is 0.224 e. The number of amides is 1. The van der Waals surface area contributed by atoms with Gasteiger partial charge in [-0.1, -0.05) is 64.2 Å². The van der Waals surface area contributed by atoms with E-state index in [2.05, 4.69) is 33.0 Å². The first-order valence-corrected chi connectivity index (χ1v) is 7.72. The first kappa shape index (κ1) is 16.0. The lowest BCUT2D eigenvalue weighted by Crippen LogP contribution is -2.28. The fourth-order valence-corrected chi connectivity index (χ4v) is 3.23. The van der Waals surface area contributed by atoms with Gasteiger partial charge in [-0.3, -0.25) is 4.79 Å². The van der Waals surface area contributed by atoms with Crippen molar-refractivity contribution >= 4 is 23.1 Å². The number of carbonyl (C=O) groups is 1. The number of carbonyl (C=O) groups excluding carboxylic acids is 1. The number of nitrogens with one attached hydrogen (secondary N) is 1. The highest BCUT2D eigenvalue weighted by Gasteiger charge is 2.64. The summed E-state index contributed by atoms with van der Waals surface area (Å²) in [5, 5.41) is 3.05. The van der Waals surface area contributed by atoms with Crippen LogP contribution in [0.1, 0.15) is 38.8 Å². The van der Waals surface area contributed by atoms with E-state index in [0.717, 1.165) is 17.7 Å². The topological polar surface area (TPSA) is 55.1 Å². The predicted octanol–water partition coefficient (Wildman–Crippen LogP) is 2.66. The second kappa shape index (κ2) is 5.41. The Kier molecular flexibility index (Phi) is 4.11. The highest BCUT2D eigenvalue weighted by molar-refractivity contribution is 7.80. The van der Waals surface area contributed by atoms with Crippen molar-refractivity contribution in [2.75, 3.05) is 6.54 Å². The average Bonchev–Trinajstić information content (AvgIpc) is 2.77. The van der Waals surface area contributed by atoms with E-state index in [0.29, 0.717) is 28.2 Å². The molecule has 0 aromatic heterocycles. The second-order valence-electron chi connectivity index (χ2n) is 7.04. The van der Waals surface area contributed by atoms with Crippen LogP contribution in [0.3, 0.4) is 0 Å². The Labute approximate surface area is 132 Å². The van der Waals surface area contributed by atoms with Crippen LogP contribution in [0.25, 0.3) is 0 Å². The summed E-state index contributed by atoms with van der Waals surface area (Å²) >= 11 is 4.91. The summed E-state index contributed by atoms with van der Waals surface area (Å²) in [4.78, 5) is 12.4. The Morgan fingerprint density at radius 3 is 2.14 bits per heavy atom. The molecule has 0 aliphatic heterocycles. The van der Waals surface area contributed by atoms with Crippen LogP contribution in [0.2, 0.25) is 0 Å². The van der Waals surface area contributed by atoms with Crippen LogP contribution in [-0.4, -0.2) is 17.4 Å². The molecule has 3 N–H and O–H groups in total. The van der Waals surface area contributed by atoms with Gasteiger partial charge in [-0.25, -0.2) is 0 Å². The molecular formula is C17H24N2OS. The summed E-state index contributed by atoms with van der Waals surface area (Å²) in [5.41, 5.74) is 7.97. The zero-order chi connectivity index (χ0) is 15.8. The Morgan fingerprint density at radius 1 is 1.19 bits per heavy atom. The molecule has 0 bridgehead atoms. The molecule has 0 atom stereocenters. The first-order chi connectivity index (χ1) is 9.66. The molecular weight excluding hydrogens is 280 g/mol. The largest absolute Gasteiger partial charge is 0.389 e. The first-order valence-electron chi connectivity index (χ1n) is 7.31. The molecule has 0 saturated heterocycles. The van der Waals surface area contributed by atoms with E-state index in [9.17, 15) is 4.79 Å². The van der Waals surface area contributed by atoms with Crippen molar-refractivity contribution in [3.05, 3.63) is 35.4 Å². The van der Waals surface area contributed by atoms with Gasteiger partial charge in [0.15, 0.2) is 0 Å². The van der Waals surface area contributed by atoms with Gasteiger partial charge >= 0.3 is 0 Å². The number of hydrogen-bond donors (Lipinski definition) is 2. The minimum Gasteiger partial charge on any atom is -0.389 e. The molecule has 0 unspecified atom stereocenters. The van der Waals surface area contributed by atoms with Crippen molar-refractivity contribution < 1.29 is 4.79 Å². The molecule has 0 radical (unpaired) electrons. The van der Waals surface area contributed by atoms with Crippen LogP contribution in [0.5, 0.6) is 0 Å². The maximum absolute atomic E-state index is 12.0. The molecule has 114 valence electrons. The molecule has 2 rings (SSSR count). The number of hydrogen-bond acceptors (Lipinski definition) is 2. The molecule has 0 spiro atoms. The third-order valence-corrected chi connectivity index (χ3v) is 5.66. The Balaban J connectivity index is 1.84. The van der Waals surface area contributed by atoms with E-state index in [1.165, 1.54) is 0 Å². The molecule has 1 saturated carbocycles. The van der Waals surface area contributed by atoms with Crippen molar-refractivity contribution in [3.63, 3.8) is 0 Å². The molecule has 4 heteroatoms. The lowest BCUT2D eigenvalue weighted by Gasteiger charge is -2.07. The number of thiocarbonyl (C=S) groups is 1. The SMILES string of the molecule is CC1(C)C(CNC(=O)Cc2ccc(C(N)=S)cc2)C1(C)C. The number of nitrogens with two attached hydrogens (primary N) is 1. The van der Waals surface area contributed by atoms with Gasteiger partial charge in [-0.15, -0.1) is 0 Å². The Morgan fingerprint density at radius 2 is 1.71 bits per heavy atom. The molecule has 1 aliphatic rings. The quantitative estimate of drug-likeness (QED) is 0.822. The minimum atomic E-state index is 0.0663. The lowest BCUT2D eigenvalue weighted by molar-refractivity contribution is -0.120. The summed E-state index contributed by atoms with van der Waals surface area (Å²) in [6, 6.07) is 7.52. The van der Waals surface area contributed by atoms with Gasteiger partial charge < -0.3 is 11.1 Å². The van der Waals surface area contributed by atoms with Crippen molar-refractivity contribution in [3.8, 4) is 0 Å². The van der Waals surface area contributed by atoms with Crippen molar-refractivity contribution in [1.29, 1.82) is 0 Å². The van der Waals surface area contributed by atoms with Crippen molar-refractivity contribution in [2.45, 2.75) is 34.1 Å². The van der Waals surface area contributed by atoms with Gasteiger partial charge in [0.1, 0.15) is 4.99 Å². The lowest BCUT2D eigenvalue weighted by atomic mass is 10.0. The molecule has 1 aromatic rings. The van der Waals surface area contributed by atoms with E-state index < -0.39 is 0 Å². The molecule has 1 amide bonds. The molecule has 1 fully saturated rings. The van der Waals surface area contributed by atoms with Crippen LogP contribution < -0.4 is 11.1 Å². The summed E-state index contributed by atoms with van der Waals surface area (Å²) in [7, 11) is 0. The monoisotopic (exact) mass is 304 g/mol. The number of rotatable bonds is 5. The van der Waals surface area contributed by atoms with E-state index in [1.807, 2.05) is 24.3 Å². The maximum atomic E-state index is 12.0. The highest BCUT2D eigenvalue weighted by Crippen LogP contribution is 2.67. The third-order valence-electron chi connectivity index (χ3n) is 5.43. The van der Waals surface area contributed by atoms with Gasteiger partial charge in [0, 0.05) is 12.1 Å². The molecule has 3 nitrogen and oxygen atoms in total. The summed E-state index contributed by atoms with van der Waals surface area (Å²) in [5.74, 6) is 0.613. The predicted molar refractivity (Wildman–Crippen MR) is 90.1 cm³/mol. The van der Waals surface area contributed by atoms with Gasteiger partial charge in [0.25, 0.3) is 0 Å². The van der Waals surface area contributed by atoms with Crippen molar-refractivity contribution in [1.82, 2.24) is 5.32 Å². The van der Waals surface area contributed by atoms with E-state index >= 15 is 0 Å². The van der Waals surface area contributed by atoms with E-state index in [4.69, 9.17) is 18.0 Å². The van der Waals surface area contributed by atoms with Crippen LogP contribution in [0.15, 0.2) is 24.3 Å². The molecule has 1 aromatic carbocycles. The summed E-state index contributed by atoms with van der Waals surface area (Å²) in [6.07, 6.45) is 0.394. The van der Waals surface area contributed by atoms with E-state index in [-0.39, 0.29) is 5.91 Å². The third kappa shape index (κ3) is 3.10. The summed E-state index contributed by atoms with van der Waals surface area (Å²) < 4.78 is 0. The van der Waals surface area contributed by atoms with Crippen LogP contribution in [-0.2, 0) is 11.2 Å². The fourth-order valence-electron chi connectivity index (χ4n) is 3.09. The van der Waals surface area contributed by atoms with Gasteiger partial charge in [0.05, 0.1) is 6.42 Å². The second-order valence-corrected chi connectivity index (χ2v) is 7.48. The highest BCUT2D eigenvalue weighted by atomic mass is 32.1. The van der Waals surface area contributed by atoms with Crippen molar-refractivity contribution in [2.24, 2.45) is 22.5 Å². The molecule has 0 heterocycles. The Hall–Kier alpha value is -1.42. The molecule has 21 heavy (non-hydrogen) atoms. The fraction of sp³-hybridized carbons (Fsp3) is 0.529. The Bertz CT molecular complexity index is 547. The van der Waals surface area contributed by atoms with E-state index in [1.54, 1.807) is 0 Å². The van der Waals surface area contributed by atoms with Crippen LogP contribution >= 0.6 is 12.2 Å². The zero-order valence-corrected chi connectivity index (χ0v) is 14.0. The average molecular weight is 304 g/mol. The van der Waals surface area contributed by atoms with Gasteiger partial charge in [0.2, 0.25) is 5.91 Å². The van der Waals surface area contributed by atoms with Gasteiger partial charge in [-0.2, -0.15) is 0 Å². The molecule has 1 aliphatic carbocycles. The van der Waals surface area contributed by atoms with Crippen LogP contribution in [0.4, 0.5) is 0 Å². The standard InChI is InChI=1S/C17H24N2OS/c1-16(2)13(17(16,3)4)10-19-14(20)9-11-5-7-12(8-6-11)15(18)21/h5-8,13H,9-10H2,1-4H3,(H2,18,21)(H,19,20). The van der Waals surface area contributed by atoms with Gasteiger partial charge in [-0.05, 0) is 22.3 Å². The minimum absolute atomic E-state index is 0.0663.